The highest BCUT2D eigenvalue weighted by Gasteiger charge is 2.76. The molecule has 0 aromatic carbocycles. The fourth-order valence-corrected chi connectivity index (χ4v) is 10.6. The monoisotopic (exact) mass is 597 g/mol. The third-order valence-electron chi connectivity index (χ3n) is 7.92. The van der Waals surface area contributed by atoms with Gasteiger partial charge in [-0.05, 0) is 38.5 Å². The molecule has 6 atom stereocenters. The van der Waals surface area contributed by atoms with Crippen molar-refractivity contribution in [1.82, 2.24) is 14.7 Å². The summed E-state index contributed by atoms with van der Waals surface area (Å²) in [6.45, 7) is 19.3. The number of nitrogens with zero attached hydrogens (tertiary/aromatic N) is 3. The fourth-order valence-electron chi connectivity index (χ4n) is 7.02. The van der Waals surface area contributed by atoms with Crippen LogP contribution in [0.5, 0.6) is 0 Å². The normalized spacial score (nSPS) is 30.9. The van der Waals surface area contributed by atoms with Crippen LogP contribution in [0.25, 0.3) is 0 Å². The smallest absolute Gasteiger partial charge is 0.247 e. The predicted molar refractivity (Wildman–Crippen MR) is 154 cm³/mol. The first-order chi connectivity index (χ1) is 17.2. The zero-order valence-corrected chi connectivity index (χ0v) is 25.6. The molecule has 3 saturated heterocycles. The van der Waals surface area contributed by atoms with E-state index >= 15 is 0 Å². The van der Waals surface area contributed by atoms with Crippen molar-refractivity contribution in [2.75, 3.05) is 33.3 Å². The Morgan fingerprint density at radius 3 is 2.35 bits per heavy atom. The number of amides is 3. The number of aliphatic hydroxyl groups excluding tert-OH is 1. The maximum Gasteiger partial charge on any atom is 0.247 e. The lowest BCUT2D eigenvalue weighted by Gasteiger charge is -2.46. The van der Waals surface area contributed by atoms with Gasteiger partial charge in [-0.2, -0.15) is 0 Å². The van der Waals surface area contributed by atoms with E-state index in [9.17, 15) is 19.5 Å². The lowest BCUT2D eigenvalue weighted by atomic mass is 9.70. The Balaban J connectivity index is 2.10. The molecule has 37 heavy (non-hydrogen) atoms. The van der Waals surface area contributed by atoms with Gasteiger partial charge in [0.25, 0.3) is 0 Å². The lowest BCUT2D eigenvalue weighted by Crippen LogP contribution is -2.60. The summed E-state index contributed by atoms with van der Waals surface area (Å²) in [6, 6.07) is -0.701. The number of alkyl halides is 1. The molecule has 0 radical (unpaired) electrons. The topological polar surface area (TPSA) is 81.2 Å². The van der Waals surface area contributed by atoms with Gasteiger partial charge in [0.05, 0.1) is 16.6 Å². The van der Waals surface area contributed by atoms with Gasteiger partial charge in [0.2, 0.25) is 17.7 Å². The van der Waals surface area contributed by atoms with E-state index in [2.05, 4.69) is 63.7 Å². The van der Waals surface area contributed by atoms with E-state index in [0.717, 1.165) is 6.42 Å². The van der Waals surface area contributed by atoms with Crippen LogP contribution in [0, 0.1) is 17.3 Å². The molecule has 3 aliphatic heterocycles. The molecule has 0 aromatic heterocycles. The number of halogens is 1. The zero-order valence-electron chi connectivity index (χ0n) is 23.2. The minimum atomic E-state index is -0.701. The van der Waals surface area contributed by atoms with Crippen molar-refractivity contribution in [2.45, 2.75) is 80.3 Å². The van der Waals surface area contributed by atoms with Crippen LogP contribution in [-0.2, 0) is 14.4 Å². The number of rotatable bonds is 11. The molecule has 3 rings (SSSR count). The molecule has 208 valence electrons. The molecule has 3 aliphatic rings. The Bertz CT molecular complexity index is 935. The molecule has 3 unspecified atom stereocenters. The second kappa shape index (κ2) is 11.0. The first kappa shape index (κ1) is 30.2. The van der Waals surface area contributed by atoms with E-state index in [1.165, 1.54) is 0 Å². The number of hydrogen-bond donors (Lipinski definition) is 1. The van der Waals surface area contributed by atoms with Crippen molar-refractivity contribution in [3.8, 4) is 0 Å². The van der Waals surface area contributed by atoms with Crippen LogP contribution >= 0.6 is 27.7 Å². The quantitative estimate of drug-likeness (QED) is 0.290. The maximum atomic E-state index is 14.6. The van der Waals surface area contributed by atoms with Crippen molar-refractivity contribution in [3.05, 3.63) is 25.3 Å². The molecule has 1 N–H and O–H groups in total. The molecular weight excluding hydrogens is 554 g/mol. The third-order valence-corrected chi connectivity index (χ3v) is 11.1. The van der Waals surface area contributed by atoms with E-state index in [4.69, 9.17) is 0 Å². The van der Waals surface area contributed by atoms with Crippen LogP contribution in [0.1, 0.15) is 53.9 Å². The summed E-state index contributed by atoms with van der Waals surface area (Å²) in [5.41, 5.74) is -0.487. The zero-order chi connectivity index (χ0) is 27.9. The van der Waals surface area contributed by atoms with Crippen molar-refractivity contribution in [1.29, 1.82) is 0 Å². The second-order valence-electron chi connectivity index (χ2n) is 12.6. The predicted octanol–water partition coefficient (Wildman–Crippen LogP) is 3.71. The summed E-state index contributed by atoms with van der Waals surface area (Å²) >= 11 is 5.46. The number of carbonyl (C=O) groups excluding carboxylic acids is 3. The number of aliphatic hydroxyl groups is 1. The number of thioether (sulfide) groups is 1. The molecule has 2 bridgehead atoms. The number of likely N-dealkylation sites (N-methyl/N-ethyl adjacent to an activating group) is 1. The molecule has 0 aliphatic carbocycles. The van der Waals surface area contributed by atoms with Crippen molar-refractivity contribution < 1.29 is 19.5 Å². The number of likely N-dealkylation sites (tertiary alicyclic amines) is 1. The molecule has 3 amide bonds. The average Bonchev–Trinajstić information content (AvgIpc) is 3.37. The molecule has 7 nitrogen and oxygen atoms in total. The van der Waals surface area contributed by atoms with Crippen LogP contribution in [-0.4, -0.2) is 97.2 Å². The highest BCUT2D eigenvalue weighted by molar-refractivity contribution is 9.09. The Hall–Kier alpha value is -1.32. The summed E-state index contributed by atoms with van der Waals surface area (Å²) < 4.78 is -0.699. The van der Waals surface area contributed by atoms with Crippen LogP contribution in [0.4, 0.5) is 0 Å². The lowest BCUT2D eigenvalue weighted by molar-refractivity contribution is -0.147. The van der Waals surface area contributed by atoms with E-state index < -0.39 is 28.2 Å². The minimum Gasteiger partial charge on any atom is -0.396 e. The van der Waals surface area contributed by atoms with E-state index in [-0.39, 0.29) is 46.4 Å². The highest BCUT2D eigenvalue weighted by atomic mass is 79.9. The number of carbonyl (C=O) groups is 3. The van der Waals surface area contributed by atoms with Crippen molar-refractivity contribution >= 4 is 45.4 Å². The van der Waals surface area contributed by atoms with E-state index in [1.807, 2.05) is 4.90 Å². The van der Waals surface area contributed by atoms with Crippen molar-refractivity contribution in [3.63, 3.8) is 0 Å². The average molecular weight is 599 g/mol. The van der Waals surface area contributed by atoms with Gasteiger partial charge in [0.1, 0.15) is 6.04 Å². The Morgan fingerprint density at radius 2 is 1.81 bits per heavy atom. The number of hydrogen-bond acceptors (Lipinski definition) is 5. The largest absolute Gasteiger partial charge is 0.396 e. The SMILES string of the molecule is C=CCN(C)C(=O)[C@H]1[C@H]2C(=O)N(CCCO)C(C(=O)N(CC=C)C(C)(C)CC(C)(C)C)C23CC(Br)[C@@H]1S3. The minimum absolute atomic E-state index is 0.0130. The Kier molecular flexibility index (Phi) is 9.02. The number of fused-ring (bicyclic) bond motifs is 1. The summed E-state index contributed by atoms with van der Waals surface area (Å²) in [5, 5.41) is 9.52. The van der Waals surface area contributed by atoms with Crippen LogP contribution in [0.3, 0.4) is 0 Å². The standard InChI is InChI=1S/C28H44BrN3O4S/c1-9-12-30(8)23(34)19-20-24(35)31(14-11-15-33)22(28(20)16-18(29)21(19)37-28)25(36)32(13-10-2)27(6,7)17-26(3,4)5/h9-10,18-22,33H,1-2,11-17H2,3-8H3/t18?,19-,20-,21-,22?,28?/m0/s1. The molecular formula is C28H44BrN3O4S. The van der Waals surface area contributed by atoms with Gasteiger partial charge in [-0.15, -0.1) is 24.9 Å². The molecule has 1 spiro atoms. The molecule has 3 fully saturated rings. The Morgan fingerprint density at radius 1 is 1.19 bits per heavy atom. The van der Waals surface area contributed by atoms with Gasteiger partial charge in [0.15, 0.2) is 0 Å². The maximum absolute atomic E-state index is 14.6. The molecule has 0 aromatic rings. The third kappa shape index (κ3) is 5.42. The van der Waals surface area contributed by atoms with Crippen LogP contribution in [0.2, 0.25) is 0 Å². The van der Waals surface area contributed by atoms with Gasteiger partial charge < -0.3 is 19.8 Å². The van der Waals surface area contributed by atoms with Gasteiger partial charge in [-0.1, -0.05) is 48.9 Å². The molecule has 3 heterocycles. The summed E-state index contributed by atoms with van der Waals surface area (Å²) in [6.07, 6.45) is 5.22. The summed E-state index contributed by atoms with van der Waals surface area (Å²) in [4.78, 5) is 47.5. The summed E-state index contributed by atoms with van der Waals surface area (Å²) in [7, 11) is 1.74. The highest BCUT2D eigenvalue weighted by Crippen LogP contribution is 2.68. The summed E-state index contributed by atoms with van der Waals surface area (Å²) in [5.74, 6) is -1.39. The van der Waals surface area contributed by atoms with Gasteiger partial charge in [-0.3, -0.25) is 14.4 Å². The van der Waals surface area contributed by atoms with Gasteiger partial charge in [0, 0.05) is 48.9 Å². The van der Waals surface area contributed by atoms with Gasteiger partial charge in [-0.25, -0.2) is 0 Å². The van der Waals surface area contributed by atoms with Gasteiger partial charge >= 0.3 is 0 Å². The molecule has 9 heteroatoms. The van der Waals surface area contributed by atoms with E-state index in [1.54, 1.807) is 40.8 Å². The Labute approximate surface area is 235 Å². The van der Waals surface area contributed by atoms with Crippen molar-refractivity contribution in [2.24, 2.45) is 17.3 Å². The van der Waals surface area contributed by atoms with Crippen LogP contribution < -0.4 is 0 Å². The molecule has 0 saturated carbocycles. The first-order valence-corrected chi connectivity index (χ1v) is 15.0. The van der Waals surface area contributed by atoms with E-state index in [0.29, 0.717) is 25.9 Å². The fraction of sp³-hybridized carbons (Fsp3) is 0.750. The van der Waals surface area contributed by atoms with Crippen LogP contribution in [0.15, 0.2) is 25.3 Å². The first-order valence-electron chi connectivity index (χ1n) is 13.2. The second-order valence-corrected chi connectivity index (χ2v) is 15.3.